The van der Waals surface area contributed by atoms with Gasteiger partial charge in [0.15, 0.2) is 0 Å². The van der Waals surface area contributed by atoms with Gasteiger partial charge in [-0.15, -0.1) is 11.3 Å². The Morgan fingerprint density at radius 2 is 2.40 bits per heavy atom. The van der Waals surface area contributed by atoms with E-state index in [2.05, 4.69) is 35.0 Å². The number of nitrogens with one attached hydrogen (secondary N) is 1. The van der Waals surface area contributed by atoms with Crippen molar-refractivity contribution in [3.8, 4) is 0 Å². The van der Waals surface area contributed by atoms with Gasteiger partial charge in [-0.05, 0) is 37.1 Å². The minimum absolute atomic E-state index is 0.0523. The van der Waals surface area contributed by atoms with E-state index in [-0.39, 0.29) is 6.04 Å². The monoisotopic (exact) mass is 312 g/mol. The molecule has 0 aliphatic heterocycles. The topological polar surface area (TPSA) is 55.9 Å². The minimum Gasteiger partial charge on any atom is -0.271 e. The number of hydrogen-bond acceptors (Lipinski definition) is 4. The van der Waals surface area contributed by atoms with Gasteiger partial charge in [0, 0.05) is 11.4 Å². The van der Waals surface area contributed by atoms with Gasteiger partial charge in [0.05, 0.1) is 23.0 Å². The molecule has 2 aromatic rings. The summed E-state index contributed by atoms with van der Waals surface area (Å²) < 4.78 is 1.96. The van der Waals surface area contributed by atoms with Crippen LogP contribution in [0, 0.1) is 0 Å². The molecule has 0 aliphatic rings. The Hall–Kier alpha value is -0.880. The Kier molecular flexibility index (Phi) is 6.04. The van der Waals surface area contributed by atoms with E-state index in [1.54, 1.807) is 17.5 Å². The standard InChI is InChI=1S/C14H21ClN4S/c1-2-8-19-14(12(15)10-17-19)13(18-16)7-3-5-11-6-4-9-20-11/h4,6,9-10,13,18H,2-3,5,7-8,16H2,1H3. The first kappa shape index (κ1) is 15.5. The Labute approximate surface area is 128 Å². The second-order valence-corrected chi connectivity index (χ2v) is 6.23. The van der Waals surface area contributed by atoms with Crippen LogP contribution in [-0.4, -0.2) is 9.78 Å². The molecule has 1 unspecified atom stereocenters. The van der Waals surface area contributed by atoms with Crippen molar-refractivity contribution in [3.05, 3.63) is 39.3 Å². The molecule has 0 fully saturated rings. The van der Waals surface area contributed by atoms with E-state index in [0.29, 0.717) is 5.02 Å². The van der Waals surface area contributed by atoms with Crippen LogP contribution in [-0.2, 0) is 13.0 Å². The summed E-state index contributed by atoms with van der Waals surface area (Å²) in [5.74, 6) is 5.71. The van der Waals surface area contributed by atoms with E-state index in [1.165, 1.54) is 4.88 Å². The highest BCUT2D eigenvalue weighted by atomic mass is 35.5. The van der Waals surface area contributed by atoms with Gasteiger partial charge in [-0.2, -0.15) is 5.10 Å². The van der Waals surface area contributed by atoms with Gasteiger partial charge in [-0.1, -0.05) is 24.6 Å². The molecule has 0 radical (unpaired) electrons. The molecular weight excluding hydrogens is 292 g/mol. The van der Waals surface area contributed by atoms with Crippen molar-refractivity contribution in [1.29, 1.82) is 0 Å². The average Bonchev–Trinajstić information content (AvgIpc) is 3.07. The normalized spacial score (nSPS) is 12.8. The van der Waals surface area contributed by atoms with E-state index in [9.17, 15) is 0 Å². The predicted molar refractivity (Wildman–Crippen MR) is 84.8 cm³/mol. The van der Waals surface area contributed by atoms with E-state index >= 15 is 0 Å². The highest BCUT2D eigenvalue weighted by Gasteiger charge is 2.18. The summed E-state index contributed by atoms with van der Waals surface area (Å²) in [6, 6.07) is 4.31. The van der Waals surface area contributed by atoms with Crippen molar-refractivity contribution < 1.29 is 0 Å². The molecule has 2 aromatic heterocycles. The molecule has 0 saturated heterocycles. The maximum atomic E-state index is 6.26. The van der Waals surface area contributed by atoms with Gasteiger partial charge < -0.3 is 0 Å². The van der Waals surface area contributed by atoms with E-state index < -0.39 is 0 Å². The zero-order valence-corrected chi connectivity index (χ0v) is 13.3. The number of rotatable bonds is 8. The SMILES string of the molecule is CCCn1ncc(Cl)c1C(CCCc1cccs1)NN. The number of halogens is 1. The Balaban J connectivity index is 1.98. The molecule has 0 spiro atoms. The van der Waals surface area contributed by atoms with Crippen LogP contribution in [0.25, 0.3) is 0 Å². The van der Waals surface area contributed by atoms with Crippen LogP contribution in [0.15, 0.2) is 23.7 Å². The summed E-state index contributed by atoms with van der Waals surface area (Å²) in [6.45, 7) is 2.99. The fourth-order valence-corrected chi connectivity index (χ4v) is 3.37. The minimum atomic E-state index is 0.0523. The Morgan fingerprint density at radius 1 is 1.55 bits per heavy atom. The summed E-state index contributed by atoms with van der Waals surface area (Å²) >= 11 is 8.05. The number of thiophene rings is 1. The summed E-state index contributed by atoms with van der Waals surface area (Å²) in [5.41, 5.74) is 3.88. The number of hydrogen-bond donors (Lipinski definition) is 2. The molecule has 20 heavy (non-hydrogen) atoms. The van der Waals surface area contributed by atoms with Gasteiger partial charge in [0.1, 0.15) is 0 Å². The maximum Gasteiger partial charge on any atom is 0.0834 e. The summed E-state index contributed by atoms with van der Waals surface area (Å²) in [4.78, 5) is 1.41. The zero-order valence-electron chi connectivity index (χ0n) is 11.7. The molecule has 0 bridgehead atoms. The first-order valence-corrected chi connectivity index (χ1v) is 8.21. The lowest BCUT2D eigenvalue weighted by atomic mass is 10.1. The second kappa shape index (κ2) is 7.78. The number of aryl methyl sites for hydroxylation is 2. The largest absolute Gasteiger partial charge is 0.271 e. The molecule has 3 N–H and O–H groups in total. The molecule has 0 amide bonds. The lowest BCUT2D eigenvalue weighted by Crippen LogP contribution is -2.30. The third-order valence-corrected chi connectivity index (χ3v) is 4.52. The lowest BCUT2D eigenvalue weighted by Gasteiger charge is -2.18. The second-order valence-electron chi connectivity index (χ2n) is 4.79. The summed E-state index contributed by atoms with van der Waals surface area (Å²) in [6.07, 6.45) is 5.83. The van der Waals surface area contributed by atoms with Crippen LogP contribution >= 0.6 is 22.9 Å². The molecule has 1 atom stereocenters. The molecule has 110 valence electrons. The smallest absolute Gasteiger partial charge is 0.0834 e. The lowest BCUT2D eigenvalue weighted by molar-refractivity contribution is 0.448. The molecule has 0 aliphatic carbocycles. The molecule has 4 nitrogen and oxygen atoms in total. The van der Waals surface area contributed by atoms with Crippen molar-refractivity contribution in [2.75, 3.05) is 0 Å². The van der Waals surface area contributed by atoms with Crippen LogP contribution in [0.5, 0.6) is 0 Å². The number of aromatic nitrogens is 2. The van der Waals surface area contributed by atoms with Gasteiger partial charge in [-0.3, -0.25) is 16.0 Å². The summed E-state index contributed by atoms with van der Waals surface area (Å²) in [7, 11) is 0. The fraction of sp³-hybridized carbons (Fsp3) is 0.500. The Morgan fingerprint density at radius 3 is 3.05 bits per heavy atom. The van der Waals surface area contributed by atoms with Crippen LogP contribution in [0.4, 0.5) is 0 Å². The third-order valence-electron chi connectivity index (χ3n) is 3.30. The first-order valence-electron chi connectivity index (χ1n) is 6.96. The molecule has 0 saturated carbocycles. The van der Waals surface area contributed by atoms with Crippen LogP contribution in [0.1, 0.15) is 42.8 Å². The maximum absolute atomic E-state index is 6.26. The molecule has 6 heteroatoms. The number of nitrogens with two attached hydrogens (primary N) is 1. The van der Waals surface area contributed by atoms with Crippen LogP contribution in [0.2, 0.25) is 5.02 Å². The molecule has 2 heterocycles. The van der Waals surface area contributed by atoms with Gasteiger partial charge >= 0.3 is 0 Å². The zero-order chi connectivity index (χ0) is 14.4. The first-order chi connectivity index (χ1) is 9.76. The molecule has 2 rings (SSSR count). The van der Waals surface area contributed by atoms with E-state index in [1.807, 2.05) is 4.68 Å². The highest BCUT2D eigenvalue weighted by molar-refractivity contribution is 7.09. The molecule has 0 aromatic carbocycles. The van der Waals surface area contributed by atoms with Crippen LogP contribution < -0.4 is 11.3 Å². The van der Waals surface area contributed by atoms with E-state index in [4.69, 9.17) is 17.4 Å². The Bertz CT molecular complexity index is 509. The van der Waals surface area contributed by atoms with Gasteiger partial charge in [0.2, 0.25) is 0 Å². The van der Waals surface area contributed by atoms with Crippen molar-refractivity contribution in [2.24, 2.45) is 5.84 Å². The number of hydrazine groups is 1. The third kappa shape index (κ3) is 3.82. The van der Waals surface area contributed by atoms with Gasteiger partial charge in [0.25, 0.3) is 0 Å². The molecular formula is C14H21ClN4S. The summed E-state index contributed by atoms with van der Waals surface area (Å²) in [5, 5.41) is 7.13. The number of nitrogens with zero attached hydrogens (tertiary/aromatic N) is 2. The van der Waals surface area contributed by atoms with Crippen LogP contribution in [0.3, 0.4) is 0 Å². The quantitative estimate of drug-likeness (QED) is 0.579. The average molecular weight is 313 g/mol. The van der Waals surface area contributed by atoms with Crippen molar-refractivity contribution in [2.45, 2.75) is 45.2 Å². The van der Waals surface area contributed by atoms with Crippen molar-refractivity contribution in [1.82, 2.24) is 15.2 Å². The van der Waals surface area contributed by atoms with E-state index in [0.717, 1.165) is 37.9 Å². The van der Waals surface area contributed by atoms with Crippen molar-refractivity contribution >= 4 is 22.9 Å². The van der Waals surface area contributed by atoms with Crippen molar-refractivity contribution in [3.63, 3.8) is 0 Å². The van der Waals surface area contributed by atoms with Gasteiger partial charge in [-0.25, -0.2) is 0 Å². The predicted octanol–water partition coefficient (Wildman–Crippen LogP) is 3.54. The fourth-order valence-electron chi connectivity index (χ4n) is 2.34. The highest BCUT2D eigenvalue weighted by Crippen LogP contribution is 2.26.